The van der Waals surface area contributed by atoms with E-state index in [0.29, 0.717) is 0 Å². The first-order chi connectivity index (χ1) is 8.15. The average molecular weight is 330 g/mol. The molecule has 1 aromatic carbocycles. The summed E-state index contributed by atoms with van der Waals surface area (Å²) in [6, 6.07) is 6.40. The Morgan fingerprint density at radius 2 is 2.35 bits per heavy atom. The Bertz CT molecular complexity index is 485. The van der Waals surface area contributed by atoms with Crippen molar-refractivity contribution >= 4 is 39.0 Å². The molecule has 6 heteroatoms. The number of nitrogens with two attached hydrogens (primary N) is 1. The summed E-state index contributed by atoms with van der Waals surface area (Å²) in [7, 11) is 0. The highest BCUT2D eigenvalue weighted by molar-refractivity contribution is 9.10. The van der Waals surface area contributed by atoms with Crippen LogP contribution in [0.15, 0.2) is 37.4 Å². The highest BCUT2D eigenvalue weighted by Gasteiger charge is 2.09. The summed E-state index contributed by atoms with van der Waals surface area (Å²) in [5, 5.41) is 7.88. The van der Waals surface area contributed by atoms with Gasteiger partial charge in [0.25, 0.3) is 0 Å². The van der Waals surface area contributed by atoms with Crippen molar-refractivity contribution in [3.63, 3.8) is 0 Å². The molecule has 0 aliphatic rings. The number of hydrogen-bond donors (Lipinski definition) is 1. The van der Waals surface area contributed by atoms with Crippen LogP contribution in [0.5, 0.6) is 0 Å². The van der Waals surface area contributed by atoms with Crippen LogP contribution in [0.1, 0.15) is 12.5 Å². The molecule has 1 unspecified atom stereocenters. The monoisotopic (exact) mass is 329 g/mol. The van der Waals surface area contributed by atoms with E-state index in [-0.39, 0.29) is 6.04 Å². The number of rotatable bonds is 4. The zero-order chi connectivity index (χ0) is 12.3. The van der Waals surface area contributed by atoms with Gasteiger partial charge in [-0.1, -0.05) is 39.0 Å². The zero-order valence-electron chi connectivity index (χ0n) is 9.26. The molecule has 2 aromatic rings. The lowest BCUT2D eigenvalue weighted by Crippen LogP contribution is -2.18. The molecule has 3 nitrogen and oxygen atoms in total. The molecule has 1 atom stereocenters. The van der Waals surface area contributed by atoms with E-state index >= 15 is 0 Å². The van der Waals surface area contributed by atoms with Crippen LogP contribution in [0.25, 0.3) is 0 Å². The van der Waals surface area contributed by atoms with Crippen molar-refractivity contribution in [3.8, 4) is 0 Å². The quantitative estimate of drug-likeness (QED) is 0.934. The molecule has 0 radical (unpaired) electrons. The second-order valence-corrected chi connectivity index (χ2v) is 6.78. The molecule has 0 spiro atoms. The molecule has 0 amide bonds. The average Bonchev–Trinajstić information content (AvgIpc) is 2.74. The third kappa shape index (κ3) is 3.77. The van der Waals surface area contributed by atoms with E-state index in [4.69, 9.17) is 5.73 Å². The number of aromatic nitrogens is 2. The molecule has 1 aromatic heterocycles. The van der Waals surface area contributed by atoms with E-state index in [9.17, 15) is 0 Å². The fourth-order valence-corrected chi connectivity index (χ4v) is 3.42. The number of benzene rings is 1. The smallest absolute Gasteiger partial charge is 0.178 e. The molecule has 17 heavy (non-hydrogen) atoms. The van der Waals surface area contributed by atoms with Crippen molar-refractivity contribution < 1.29 is 0 Å². The fraction of sp³-hybridized carbons (Fsp3) is 0.273. The van der Waals surface area contributed by atoms with Crippen LogP contribution >= 0.6 is 39.0 Å². The molecule has 0 aliphatic carbocycles. The van der Waals surface area contributed by atoms with Gasteiger partial charge in [-0.05, 0) is 37.1 Å². The Labute approximate surface area is 117 Å². The van der Waals surface area contributed by atoms with E-state index in [1.807, 2.05) is 13.0 Å². The van der Waals surface area contributed by atoms with Crippen LogP contribution < -0.4 is 5.73 Å². The first kappa shape index (κ1) is 13.0. The molecule has 2 N–H and O–H groups in total. The van der Waals surface area contributed by atoms with Crippen molar-refractivity contribution in [2.45, 2.75) is 28.6 Å². The number of hydrogen-bond acceptors (Lipinski definition) is 5. The lowest BCUT2D eigenvalue weighted by molar-refractivity contribution is 0.729. The van der Waals surface area contributed by atoms with Crippen molar-refractivity contribution in [2.75, 3.05) is 0 Å². The van der Waals surface area contributed by atoms with Gasteiger partial charge in [0.05, 0.1) is 0 Å². The minimum Gasteiger partial charge on any atom is -0.328 e. The third-order valence-corrected chi connectivity index (χ3v) is 4.49. The van der Waals surface area contributed by atoms with E-state index in [2.05, 4.69) is 38.3 Å². The molecule has 1 heterocycles. The van der Waals surface area contributed by atoms with Crippen molar-refractivity contribution in [3.05, 3.63) is 33.7 Å². The van der Waals surface area contributed by atoms with Gasteiger partial charge in [-0.3, -0.25) is 0 Å². The number of nitrogens with zero attached hydrogens (tertiary/aromatic N) is 2. The van der Waals surface area contributed by atoms with Gasteiger partial charge in [-0.2, -0.15) is 0 Å². The van der Waals surface area contributed by atoms with E-state index in [0.717, 1.165) is 15.2 Å². The van der Waals surface area contributed by atoms with Gasteiger partial charge >= 0.3 is 0 Å². The lowest BCUT2D eigenvalue weighted by atomic mass is 10.1. The largest absolute Gasteiger partial charge is 0.328 e. The summed E-state index contributed by atoms with van der Waals surface area (Å²) in [5.74, 6) is 0. The van der Waals surface area contributed by atoms with Crippen LogP contribution in [-0.2, 0) is 6.42 Å². The summed E-state index contributed by atoms with van der Waals surface area (Å²) in [5.41, 5.74) is 8.85. The first-order valence-corrected chi connectivity index (χ1v) is 7.62. The van der Waals surface area contributed by atoms with Crippen molar-refractivity contribution in [1.82, 2.24) is 10.2 Å². The highest BCUT2D eigenvalue weighted by Crippen LogP contribution is 2.33. The predicted molar refractivity (Wildman–Crippen MR) is 75.5 cm³/mol. The Kier molecular flexibility index (Phi) is 4.55. The minimum atomic E-state index is 0.151. The molecule has 0 aliphatic heterocycles. The summed E-state index contributed by atoms with van der Waals surface area (Å²) in [6.07, 6.45) is 0.862. The summed E-state index contributed by atoms with van der Waals surface area (Å²) < 4.78 is 2.04. The molecule has 0 bridgehead atoms. The second-order valence-electron chi connectivity index (χ2n) is 3.74. The van der Waals surface area contributed by atoms with E-state index in [1.165, 1.54) is 10.5 Å². The van der Waals surface area contributed by atoms with Gasteiger partial charge in [-0.25, -0.2) is 0 Å². The van der Waals surface area contributed by atoms with Crippen LogP contribution in [0.2, 0.25) is 0 Å². The molecule has 0 fully saturated rings. The topological polar surface area (TPSA) is 51.8 Å². The van der Waals surface area contributed by atoms with Crippen molar-refractivity contribution in [1.29, 1.82) is 0 Å². The van der Waals surface area contributed by atoms with Gasteiger partial charge in [-0.15, -0.1) is 10.2 Å². The molecular formula is C11H12BrN3S2. The third-order valence-electron chi connectivity index (χ3n) is 2.10. The van der Waals surface area contributed by atoms with Crippen molar-refractivity contribution in [2.24, 2.45) is 5.73 Å². The standard InChI is InChI=1S/C11H12BrN3S2/c1-7(13)4-8-5-9(12)2-3-10(8)17-11-15-14-6-16-11/h2-3,5-7H,4,13H2,1H3. The Morgan fingerprint density at radius 3 is 3.00 bits per heavy atom. The van der Waals surface area contributed by atoms with Gasteiger partial charge in [0, 0.05) is 15.4 Å². The summed E-state index contributed by atoms with van der Waals surface area (Å²) in [6.45, 7) is 2.01. The summed E-state index contributed by atoms with van der Waals surface area (Å²) >= 11 is 6.68. The molecular weight excluding hydrogens is 318 g/mol. The maximum atomic E-state index is 5.87. The Balaban J connectivity index is 2.25. The van der Waals surface area contributed by atoms with E-state index < -0.39 is 0 Å². The zero-order valence-corrected chi connectivity index (χ0v) is 12.5. The fourth-order valence-electron chi connectivity index (χ4n) is 1.46. The molecule has 0 saturated carbocycles. The van der Waals surface area contributed by atoms with Crippen LogP contribution in [0.3, 0.4) is 0 Å². The predicted octanol–water partition coefficient (Wildman–Crippen LogP) is 3.34. The van der Waals surface area contributed by atoms with Crippen LogP contribution in [0.4, 0.5) is 0 Å². The molecule has 2 rings (SSSR count). The normalized spacial score (nSPS) is 12.6. The Morgan fingerprint density at radius 1 is 1.53 bits per heavy atom. The van der Waals surface area contributed by atoms with Gasteiger partial charge in [0.2, 0.25) is 0 Å². The van der Waals surface area contributed by atoms with Gasteiger partial charge < -0.3 is 5.73 Å². The van der Waals surface area contributed by atoms with Crippen LogP contribution in [0, 0.1) is 0 Å². The number of halogens is 1. The summed E-state index contributed by atoms with van der Waals surface area (Å²) in [4.78, 5) is 1.20. The highest BCUT2D eigenvalue weighted by atomic mass is 79.9. The van der Waals surface area contributed by atoms with Crippen LogP contribution in [-0.4, -0.2) is 16.2 Å². The second kappa shape index (κ2) is 5.95. The lowest BCUT2D eigenvalue weighted by Gasteiger charge is -2.10. The Hall–Kier alpha value is -0.430. The van der Waals surface area contributed by atoms with Gasteiger partial charge in [0.1, 0.15) is 5.51 Å². The van der Waals surface area contributed by atoms with E-state index in [1.54, 1.807) is 28.6 Å². The molecule has 90 valence electrons. The maximum absolute atomic E-state index is 5.87. The first-order valence-electron chi connectivity index (χ1n) is 5.13. The van der Waals surface area contributed by atoms with Gasteiger partial charge in [0.15, 0.2) is 4.34 Å². The minimum absolute atomic E-state index is 0.151. The maximum Gasteiger partial charge on any atom is 0.178 e. The molecule has 0 saturated heterocycles. The SMILES string of the molecule is CC(N)Cc1cc(Br)ccc1Sc1nncs1.